The van der Waals surface area contributed by atoms with E-state index in [1.165, 1.54) is 43.5 Å². The van der Waals surface area contributed by atoms with Crippen LogP contribution in [-0.2, 0) is 19.6 Å². The summed E-state index contributed by atoms with van der Waals surface area (Å²) in [5.41, 5.74) is 13.1. The van der Waals surface area contributed by atoms with Gasteiger partial charge in [0.2, 0.25) is 17.5 Å². The quantitative estimate of drug-likeness (QED) is 0.384. The SMILES string of the molecule is CC(=O)NCC1=Cc2c(c(-c3ccc(N)cc3)cn2S(=O)(=O)c2ccc(N)cc2)C(=O)C1=O. The van der Waals surface area contributed by atoms with E-state index in [0.29, 0.717) is 16.9 Å². The number of fused-ring (bicyclic) bond motifs is 1. The summed E-state index contributed by atoms with van der Waals surface area (Å²) in [6.45, 7) is 1.07. The number of nitrogens with zero attached hydrogens (tertiary/aromatic N) is 1. The maximum Gasteiger partial charge on any atom is 0.268 e. The first-order valence-corrected chi connectivity index (χ1v) is 11.3. The van der Waals surface area contributed by atoms with Gasteiger partial charge in [0.25, 0.3) is 10.0 Å². The van der Waals surface area contributed by atoms with E-state index in [1.54, 1.807) is 24.3 Å². The summed E-state index contributed by atoms with van der Waals surface area (Å²) >= 11 is 0. The second kappa shape index (κ2) is 8.06. The molecular formula is C23H20N4O5S. The van der Waals surface area contributed by atoms with Crippen molar-refractivity contribution in [2.45, 2.75) is 11.8 Å². The first kappa shape index (κ1) is 22.0. The Morgan fingerprint density at radius 1 is 0.939 bits per heavy atom. The van der Waals surface area contributed by atoms with Crippen LogP contribution in [0, 0.1) is 0 Å². The lowest BCUT2D eigenvalue weighted by Gasteiger charge is -2.16. The van der Waals surface area contributed by atoms with E-state index in [1.807, 2.05) is 0 Å². The van der Waals surface area contributed by atoms with E-state index < -0.39 is 27.5 Å². The molecule has 1 amide bonds. The number of Topliss-reactive ketones (excluding diaryl/α,β-unsaturated/α-hetero) is 2. The van der Waals surface area contributed by atoms with Gasteiger partial charge in [-0.2, -0.15) is 0 Å². The number of nitrogens with one attached hydrogen (secondary N) is 1. The van der Waals surface area contributed by atoms with E-state index in [-0.39, 0.29) is 33.8 Å². The molecule has 3 aromatic rings. The minimum atomic E-state index is -4.15. The maximum atomic E-state index is 13.5. The zero-order valence-electron chi connectivity index (χ0n) is 17.5. The Morgan fingerprint density at radius 2 is 1.52 bits per heavy atom. The number of rotatable bonds is 5. The van der Waals surface area contributed by atoms with E-state index in [0.717, 1.165) is 3.97 Å². The van der Waals surface area contributed by atoms with Crippen molar-refractivity contribution in [2.24, 2.45) is 0 Å². The van der Waals surface area contributed by atoms with Gasteiger partial charge < -0.3 is 16.8 Å². The van der Waals surface area contributed by atoms with Crippen LogP contribution in [0.5, 0.6) is 0 Å². The van der Waals surface area contributed by atoms with Crippen molar-refractivity contribution in [3.05, 3.63) is 71.6 Å². The largest absolute Gasteiger partial charge is 0.399 e. The number of anilines is 2. The van der Waals surface area contributed by atoms with Gasteiger partial charge in [0.05, 0.1) is 16.2 Å². The van der Waals surface area contributed by atoms with Crippen molar-refractivity contribution in [3.63, 3.8) is 0 Å². The van der Waals surface area contributed by atoms with Gasteiger partial charge in [-0.1, -0.05) is 12.1 Å². The molecule has 0 atom stereocenters. The molecule has 0 radical (unpaired) electrons. The van der Waals surface area contributed by atoms with Gasteiger partial charge >= 0.3 is 0 Å². The average Bonchev–Trinajstić information content (AvgIpc) is 3.16. The Bertz CT molecular complexity index is 1430. The van der Waals surface area contributed by atoms with Crippen LogP contribution >= 0.6 is 0 Å². The topological polar surface area (TPSA) is 154 Å². The summed E-state index contributed by atoms with van der Waals surface area (Å²) in [6.07, 6.45) is 2.63. The fraction of sp³-hybridized carbons (Fsp3) is 0.0870. The first-order valence-electron chi connectivity index (χ1n) is 9.86. The van der Waals surface area contributed by atoms with Gasteiger partial charge in [-0.15, -0.1) is 0 Å². The lowest BCUT2D eigenvalue weighted by Crippen LogP contribution is -2.31. The van der Waals surface area contributed by atoms with Crippen molar-refractivity contribution >= 4 is 44.9 Å². The molecular weight excluding hydrogens is 444 g/mol. The molecule has 0 bridgehead atoms. The number of nitrogen functional groups attached to an aromatic ring is 2. The Kier molecular flexibility index (Phi) is 5.38. The zero-order valence-corrected chi connectivity index (χ0v) is 18.3. The summed E-state index contributed by atoms with van der Waals surface area (Å²) in [5, 5.41) is 2.47. The Hall–Kier alpha value is -4.18. The summed E-state index contributed by atoms with van der Waals surface area (Å²) in [4.78, 5) is 37.1. The predicted octanol–water partition coefficient (Wildman–Crippen LogP) is 1.84. The lowest BCUT2D eigenvalue weighted by atomic mass is 9.90. The number of amides is 1. The smallest absolute Gasteiger partial charge is 0.268 e. The zero-order chi connectivity index (χ0) is 23.9. The highest BCUT2D eigenvalue weighted by Gasteiger charge is 2.36. The number of nitrogens with two attached hydrogens (primary N) is 2. The molecule has 0 spiro atoms. The third-order valence-electron chi connectivity index (χ3n) is 5.23. The van der Waals surface area contributed by atoms with Gasteiger partial charge in [0.1, 0.15) is 0 Å². The molecule has 0 saturated carbocycles. The first-order chi connectivity index (χ1) is 15.6. The van der Waals surface area contributed by atoms with Crippen molar-refractivity contribution in [1.82, 2.24) is 9.29 Å². The number of hydrogen-bond donors (Lipinski definition) is 3. The predicted molar refractivity (Wildman–Crippen MR) is 124 cm³/mol. The van der Waals surface area contributed by atoms with Crippen LogP contribution in [0.25, 0.3) is 17.2 Å². The van der Waals surface area contributed by atoms with Gasteiger partial charge in [-0.3, -0.25) is 14.4 Å². The molecule has 5 N–H and O–H groups in total. The number of carbonyl (C=O) groups excluding carboxylic acids is 3. The molecule has 0 saturated heterocycles. The second-order valence-electron chi connectivity index (χ2n) is 7.53. The number of carbonyl (C=O) groups is 3. The van der Waals surface area contributed by atoms with Gasteiger partial charge in [-0.25, -0.2) is 12.4 Å². The molecule has 168 valence electrons. The summed E-state index contributed by atoms with van der Waals surface area (Å²) in [7, 11) is -4.15. The monoisotopic (exact) mass is 464 g/mol. The van der Waals surface area contributed by atoms with Crippen molar-refractivity contribution < 1.29 is 22.8 Å². The van der Waals surface area contributed by atoms with Crippen LogP contribution < -0.4 is 16.8 Å². The number of benzene rings is 2. The highest BCUT2D eigenvalue weighted by Crippen LogP contribution is 2.36. The highest BCUT2D eigenvalue weighted by atomic mass is 32.2. The molecule has 1 aromatic heterocycles. The summed E-state index contributed by atoms with van der Waals surface area (Å²) in [6, 6.07) is 12.1. The number of ketones is 2. The molecule has 1 aliphatic carbocycles. The molecule has 0 aliphatic heterocycles. The third kappa shape index (κ3) is 3.92. The molecule has 1 aliphatic rings. The van der Waals surface area contributed by atoms with Crippen LogP contribution in [-0.4, -0.2) is 36.4 Å². The summed E-state index contributed by atoms with van der Waals surface area (Å²) < 4.78 is 27.9. The minimum Gasteiger partial charge on any atom is -0.399 e. The molecule has 0 unspecified atom stereocenters. The number of hydrogen-bond acceptors (Lipinski definition) is 7. The highest BCUT2D eigenvalue weighted by molar-refractivity contribution is 7.90. The van der Waals surface area contributed by atoms with E-state index >= 15 is 0 Å². The normalized spacial score (nSPS) is 13.4. The van der Waals surface area contributed by atoms with Crippen LogP contribution in [0.1, 0.15) is 23.0 Å². The standard InChI is InChI=1S/C23H20N4O5S/c1-13(28)26-11-15-10-20-21(23(30)22(15)29)19(14-2-4-16(24)5-3-14)12-27(20)33(31,32)18-8-6-17(25)7-9-18/h2-10,12H,11,24-25H2,1H3,(H,26,28). The van der Waals surface area contributed by atoms with E-state index in [9.17, 15) is 22.8 Å². The molecule has 0 fully saturated rings. The summed E-state index contributed by atoms with van der Waals surface area (Å²) in [5.74, 6) is -2.06. The molecule has 2 aromatic carbocycles. The van der Waals surface area contributed by atoms with Gasteiger partial charge in [-0.05, 0) is 48.0 Å². The van der Waals surface area contributed by atoms with Crippen LogP contribution in [0.4, 0.5) is 11.4 Å². The fourth-order valence-corrected chi connectivity index (χ4v) is 4.90. The number of aromatic nitrogens is 1. The van der Waals surface area contributed by atoms with Crippen LogP contribution in [0.2, 0.25) is 0 Å². The Labute approximate surface area is 189 Å². The van der Waals surface area contributed by atoms with Gasteiger partial charge in [0, 0.05) is 42.2 Å². The molecule has 9 nitrogen and oxygen atoms in total. The Balaban J connectivity index is 1.98. The molecule has 1 heterocycles. The van der Waals surface area contributed by atoms with Crippen molar-refractivity contribution in [3.8, 4) is 11.1 Å². The van der Waals surface area contributed by atoms with E-state index in [2.05, 4.69) is 5.32 Å². The van der Waals surface area contributed by atoms with Crippen molar-refractivity contribution in [1.29, 1.82) is 0 Å². The maximum absolute atomic E-state index is 13.5. The average molecular weight is 465 g/mol. The molecule has 10 heteroatoms. The third-order valence-corrected chi connectivity index (χ3v) is 6.92. The second-order valence-corrected chi connectivity index (χ2v) is 9.35. The van der Waals surface area contributed by atoms with Gasteiger partial charge in [0.15, 0.2) is 0 Å². The molecule has 33 heavy (non-hydrogen) atoms. The van der Waals surface area contributed by atoms with Crippen molar-refractivity contribution in [2.75, 3.05) is 18.0 Å². The van der Waals surface area contributed by atoms with E-state index in [4.69, 9.17) is 11.5 Å². The van der Waals surface area contributed by atoms with Crippen LogP contribution in [0.3, 0.4) is 0 Å². The minimum absolute atomic E-state index is 0.0154. The van der Waals surface area contributed by atoms with Crippen LogP contribution in [0.15, 0.2) is 65.2 Å². The molecule has 4 rings (SSSR count). The Morgan fingerprint density at radius 3 is 2.09 bits per heavy atom. The fourth-order valence-electron chi connectivity index (χ4n) is 3.55. The lowest BCUT2D eigenvalue weighted by molar-refractivity contribution is -0.118.